The summed E-state index contributed by atoms with van der Waals surface area (Å²) < 4.78 is 23.4. The van der Waals surface area contributed by atoms with Crippen LogP contribution in [0.25, 0.3) is 0 Å². The third-order valence-electron chi connectivity index (χ3n) is 3.80. The molecule has 1 aromatic carbocycles. The molecule has 0 fully saturated rings. The average molecular weight is 295 g/mol. The summed E-state index contributed by atoms with van der Waals surface area (Å²) in [6, 6.07) is 7.96. The van der Waals surface area contributed by atoms with E-state index in [1.807, 2.05) is 24.3 Å². The minimum Gasteiger partial charge on any atom is -0.384 e. The average Bonchev–Trinajstić information content (AvgIpc) is 2.80. The summed E-state index contributed by atoms with van der Waals surface area (Å²) in [4.78, 5) is 12.0. The number of carbonyl (C=O) groups excluding carboxylic acids is 1. The number of Topliss-reactive ketones (excluding diaryl/α,β-unsaturated/α-hetero) is 1. The van der Waals surface area contributed by atoms with E-state index >= 15 is 0 Å². The molecule has 110 valence electrons. The zero-order chi connectivity index (χ0) is 14.8. The van der Waals surface area contributed by atoms with Crippen molar-refractivity contribution in [2.75, 3.05) is 17.6 Å². The van der Waals surface area contributed by atoms with Crippen molar-refractivity contribution in [3.05, 3.63) is 29.8 Å². The van der Waals surface area contributed by atoms with E-state index in [2.05, 4.69) is 5.32 Å². The molecule has 1 aromatic rings. The number of nitrogens with one attached hydrogen (secondary N) is 1. The Hall–Kier alpha value is -1.36. The lowest BCUT2D eigenvalue weighted by Gasteiger charge is -2.10. The highest BCUT2D eigenvalue weighted by Gasteiger charge is 2.25. The lowest BCUT2D eigenvalue weighted by atomic mass is 9.95. The number of rotatable bonds is 6. The predicted octanol–water partition coefficient (Wildman–Crippen LogP) is 2.37. The standard InChI is InChI=1S/C15H21NO3S/c1-11(2)20(18,19)8-7-13(17)9-12-10-16-15-6-4-3-5-14(12)15/h3-6,11-12,16H,7-10H2,1-2H3. The number of carbonyl (C=O) groups is 1. The molecule has 1 aliphatic heterocycles. The molecule has 0 radical (unpaired) electrons. The van der Waals surface area contributed by atoms with Crippen molar-refractivity contribution >= 4 is 21.3 Å². The van der Waals surface area contributed by atoms with Crippen LogP contribution in [0.15, 0.2) is 24.3 Å². The van der Waals surface area contributed by atoms with Gasteiger partial charge >= 0.3 is 0 Å². The van der Waals surface area contributed by atoms with E-state index in [0.717, 1.165) is 17.8 Å². The van der Waals surface area contributed by atoms with Gasteiger partial charge in [0.05, 0.1) is 11.0 Å². The van der Waals surface area contributed by atoms with Crippen LogP contribution < -0.4 is 5.32 Å². The monoisotopic (exact) mass is 295 g/mol. The van der Waals surface area contributed by atoms with Crippen molar-refractivity contribution in [1.29, 1.82) is 0 Å². The first-order chi connectivity index (χ1) is 9.40. The van der Waals surface area contributed by atoms with Crippen LogP contribution in [0.1, 0.15) is 38.2 Å². The Kier molecular flexibility index (Phi) is 4.48. The molecule has 0 aliphatic carbocycles. The lowest BCUT2D eigenvalue weighted by molar-refractivity contribution is -0.119. The Morgan fingerprint density at radius 2 is 2.05 bits per heavy atom. The van der Waals surface area contributed by atoms with Crippen molar-refractivity contribution in [2.45, 2.75) is 37.9 Å². The quantitative estimate of drug-likeness (QED) is 0.875. The van der Waals surface area contributed by atoms with Gasteiger partial charge in [0.2, 0.25) is 0 Å². The summed E-state index contributed by atoms with van der Waals surface area (Å²) >= 11 is 0. The zero-order valence-electron chi connectivity index (χ0n) is 11.9. The maximum absolute atomic E-state index is 12.0. The first kappa shape index (κ1) is 15.0. The molecule has 1 heterocycles. The molecular weight excluding hydrogens is 274 g/mol. The van der Waals surface area contributed by atoms with Gasteiger partial charge in [-0.15, -0.1) is 0 Å². The van der Waals surface area contributed by atoms with Crippen molar-refractivity contribution in [2.24, 2.45) is 0 Å². The summed E-state index contributed by atoms with van der Waals surface area (Å²) in [5, 5.41) is 2.86. The number of ketones is 1. The first-order valence-electron chi connectivity index (χ1n) is 6.96. The van der Waals surface area contributed by atoms with Crippen LogP contribution in [0.3, 0.4) is 0 Å². The highest BCUT2D eigenvalue weighted by atomic mass is 32.2. The Bertz CT molecular complexity index is 593. The lowest BCUT2D eigenvalue weighted by Crippen LogP contribution is -2.20. The molecule has 1 unspecified atom stereocenters. The van der Waals surface area contributed by atoms with Gasteiger partial charge in [-0.05, 0) is 25.5 Å². The molecule has 2 rings (SSSR count). The molecule has 20 heavy (non-hydrogen) atoms. The molecule has 1 N–H and O–H groups in total. The van der Waals surface area contributed by atoms with Crippen LogP contribution in [0.2, 0.25) is 0 Å². The minimum atomic E-state index is -3.12. The maximum Gasteiger partial charge on any atom is 0.153 e. The van der Waals surface area contributed by atoms with Gasteiger partial charge in [-0.1, -0.05) is 18.2 Å². The fraction of sp³-hybridized carbons (Fsp3) is 0.533. The zero-order valence-corrected chi connectivity index (χ0v) is 12.7. The van der Waals surface area contributed by atoms with E-state index in [4.69, 9.17) is 0 Å². The number of hydrogen-bond donors (Lipinski definition) is 1. The highest BCUT2D eigenvalue weighted by molar-refractivity contribution is 7.91. The summed E-state index contributed by atoms with van der Waals surface area (Å²) in [6.45, 7) is 4.05. The number of sulfone groups is 1. The van der Waals surface area contributed by atoms with Crippen LogP contribution in [-0.4, -0.2) is 31.7 Å². The largest absolute Gasteiger partial charge is 0.384 e. The molecule has 0 amide bonds. The van der Waals surface area contributed by atoms with E-state index in [-0.39, 0.29) is 23.9 Å². The molecular formula is C15H21NO3S. The number of para-hydroxylation sites is 1. The second-order valence-corrected chi connectivity index (χ2v) is 8.25. The van der Waals surface area contributed by atoms with Crippen molar-refractivity contribution < 1.29 is 13.2 Å². The number of benzene rings is 1. The van der Waals surface area contributed by atoms with Gasteiger partial charge in [0.1, 0.15) is 5.78 Å². The van der Waals surface area contributed by atoms with E-state index in [1.165, 1.54) is 0 Å². The van der Waals surface area contributed by atoms with Gasteiger partial charge in [0.15, 0.2) is 9.84 Å². The van der Waals surface area contributed by atoms with Crippen LogP contribution in [0.4, 0.5) is 5.69 Å². The second-order valence-electron chi connectivity index (χ2n) is 5.57. The topological polar surface area (TPSA) is 63.2 Å². The summed E-state index contributed by atoms with van der Waals surface area (Å²) in [5.41, 5.74) is 2.24. The number of anilines is 1. The molecule has 0 saturated carbocycles. The van der Waals surface area contributed by atoms with E-state index < -0.39 is 15.1 Å². The normalized spacial score (nSPS) is 17.9. The Labute approximate surface area is 120 Å². The van der Waals surface area contributed by atoms with Gasteiger partial charge < -0.3 is 5.32 Å². The highest BCUT2D eigenvalue weighted by Crippen LogP contribution is 2.33. The molecule has 1 atom stereocenters. The van der Waals surface area contributed by atoms with Crippen LogP contribution in [0, 0.1) is 0 Å². The molecule has 0 aromatic heterocycles. The summed E-state index contributed by atoms with van der Waals surface area (Å²) in [7, 11) is -3.12. The van der Waals surface area contributed by atoms with Crippen LogP contribution in [-0.2, 0) is 14.6 Å². The molecule has 4 nitrogen and oxygen atoms in total. The third kappa shape index (κ3) is 3.39. The molecule has 0 bridgehead atoms. The predicted molar refractivity (Wildman–Crippen MR) is 80.8 cm³/mol. The van der Waals surface area contributed by atoms with Gasteiger partial charge in [-0.2, -0.15) is 0 Å². The molecule has 0 saturated heterocycles. The maximum atomic E-state index is 12.0. The SMILES string of the molecule is CC(C)S(=O)(=O)CCC(=O)CC1CNc2ccccc21. The van der Waals surface area contributed by atoms with E-state index in [9.17, 15) is 13.2 Å². The first-order valence-corrected chi connectivity index (χ1v) is 8.68. The van der Waals surface area contributed by atoms with E-state index in [0.29, 0.717) is 6.42 Å². The van der Waals surface area contributed by atoms with Crippen molar-refractivity contribution in [1.82, 2.24) is 0 Å². The van der Waals surface area contributed by atoms with Crippen molar-refractivity contribution in [3.8, 4) is 0 Å². The van der Waals surface area contributed by atoms with Crippen molar-refractivity contribution in [3.63, 3.8) is 0 Å². The minimum absolute atomic E-state index is 0.0257. The molecule has 0 spiro atoms. The Balaban J connectivity index is 1.91. The van der Waals surface area contributed by atoms with Gasteiger partial charge in [0.25, 0.3) is 0 Å². The number of hydrogen-bond acceptors (Lipinski definition) is 4. The number of fused-ring (bicyclic) bond motifs is 1. The molecule has 1 aliphatic rings. The molecule has 5 heteroatoms. The van der Waals surface area contributed by atoms with Crippen LogP contribution in [0.5, 0.6) is 0 Å². The fourth-order valence-corrected chi connectivity index (χ4v) is 3.39. The Morgan fingerprint density at radius 1 is 1.35 bits per heavy atom. The van der Waals surface area contributed by atoms with E-state index in [1.54, 1.807) is 13.8 Å². The summed E-state index contributed by atoms with van der Waals surface area (Å²) in [5.74, 6) is 0.156. The third-order valence-corrected chi connectivity index (χ3v) is 6.01. The van der Waals surface area contributed by atoms with Gasteiger partial charge in [-0.25, -0.2) is 8.42 Å². The fourth-order valence-electron chi connectivity index (χ4n) is 2.41. The van der Waals surface area contributed by atoms with Crippen LogP contribution >= 0.6 is 0 Å². The Morgan fingerprint density at radius 3 is 2.75 bits per heavy atom. The smallest absolute Gasteiger partial charge is 0.153 e. The van der Waals surface area contributed by atoms with Gasteiger partial charge in [0, 0.05) is 31.0 Å². The van der Waals surface area contributed by atoms with Gasteiger partial charge in [-0.3, -0.25) is 4.79 Å². The summed E-state index contributed by atoms with van der Waals surface area (Å²) in [6.07, 6.45) is 0.539. The second kappa shape index (κ2) is 5.95.